The van der Waals surface area contributed by atoms with Gasteiger partial charge in [-0.3, -0.25) is 0 Å². The predicted octanol–water partition coefficient (Wildman–Crippen LogP) is 1.37. The summed E-state index contributed by atoms with van der Waals surface area (Å²) in [4.78, 5) is 10.6. The number of aliphatic hydroxyl groups excluding tert-OH is 1. The van der Waals surface area contributed by atoms with E-state index < -0.39 is 0 Å². The van der Waals surface area contributed by atoms with E-state index in [-0.39, 0.29) is 17.4 Å². The van der Waals surface area contributed by atoms with Crippen LogP contribution in [-0.4, -0.2) is 17.5 Å². The van der Waals surface area contributed by atoms with Gasteiger partial charge in [0.25, 0.3) is 0 Å². The van der Waals surface area contributed by atoms with E-state index in [1.807, 2.05) is 13.8 Å². The molecular weight excluding hydrogens is 140 g/mol. The fourth-order valence-corrected chi connectivity index (χ4v) is 1.90. The number of rotatable bonds is 2. The number of aliphatic hydroxyl groups is 1. The van der Waals surface area contributed by atoms with Crippen molar-refractivity contribution in [3.05, 3.63) is 0 Å². The van der Waals surface area contributed by atoms with Gasteiger partial charge >= 0.3 is 0 Å². The smallest absolute Gasteiger partial charge is 0.125 e. The molecule has 0 aromatic heterocycles. The molecule has 0 amide bonds. The van der Waals surface area contributed by atoms with Gasteiger partial charge in [0.2, 0.25) is 0 Å². The summed E-state index contributed by atoms with van der Waals surface area (Å²) >= 11 is 0. The van der Waals surface area contributed by atoms with Crippen LogP contribution in [0.1, 0.15) is 33.1 Å². The van der Waals surface area contributed by atoms with Gasteiger partial charge in [-0.05, 0) is 18.8 Å². The summed E-state index contributed by atoms with van der Waals surface area (Å²) < 4.78 is 0. The van der Waals surface area contributed by atoms with Gasteiger partial charge in [-0.25, -0.2) is 0 Å². The Labute approximate surface area is 67.6 Å². The molecule has 2 nitrogen and oxygen atoms in total. The minimum absolute atomic E-state index is 0.181. The van der Waals surface area contributed by atoms with E-state index in [2.05, 4.69) is 0 Å². The maximum absolute atomic E-state index is 10.6. The van der Waals surface area contributed by atoms with Gasteiger partial charge in [0.05, 0.1) is 6.10 Å². The Hall–Kier alpha value is -0.370. The van der Waals surface area contributed by atoms with Gasteiger partial charge in [-0.15, -0.1) is 0 Å². The first-order valence-electron chi connectivity index (χ1n) is 4.22. The van der Waals surface area contributed by atoms with E-state index >= 15 is 0 Å². The molecule has 0 saturated heterocycles. The van der Waals surface area contributed by atoms with Crippen molar-refractivity contribution in [2.45, 2.75) is 39.2 Å². The zero-order valence-corrected chi connectivity index (χ0v) is 7.21. The molecule has 1 fully saturated rings. The highest BCUT2D eigenvalue weighted by Gasteiger charge is 2.37. The minimum atomic E-state index is -0.337. The summed E-state index contributed by atoms with van der Waals surface area (Å²) in [5, 5.41) is 9.50. The van der Waals surface area contributed by atoms with Gasteiger partial charge in [-0.2, -0.15) is 0 Å². The van der Waals surface area contributed by atoms with Gasteiger partial charge in [0.15, 0.2) is 0 Å². The van der Waals surface area contributed by atoms with Crippen LogP contribution in [0, 0.1) is 11.3 Å². The maximum atomic E-state index is 10.6. The number of hydrogen-bond donors (Lipinski definition) is 1. The number of hydrogen-bond acceptors (Lipinski definition) is 2. The molecular formula is C9H16O2. The van der Waals surface area contributed by atoms with Crippen molar-refractivity contribution < 1.29 is 9.90 Å². The molecule has 0 bridgehead atoms. The van der Waals surface area contributed by atoms with Crippen LogP contribution in [0.3, 0.4) is 0 Å². The van der Waals surface area contributed by atoms with Crippen molar-refractivity contribution in [1.29, 1.82) is 0 Å². The third-order valence-electron chi connectivity index (χ3n) is 2.74. The minimum Gasteiger partial charge on any atom is -0.393 e. The van der Waals surface area contributed by atoms with Crippen LogP contribution in [0.2, 0.25) is 0 Å². The molecule has 1 aliphatic rings. The second-order valence-corrected chi connectivity index (χ2v) is 4.04. The molecule has 0 radical (unpaired) electrons. The standard InChI is InChI=1S/C9H16O2/c1-9(2,6-10)7-4-3-5-8(7)11/h6-8,11H,3-5H2,1-2H3. The number of carbonyl (C=O) groups excluding carboxylic acids is 1. The van der Waals surface area contributed by atoms with Crippen molar-refractivity contribution in [1.82, 2.24) is 0 Å². The average molecular weight is 156 g/mol. The molecule has 1 saturated carbocycles. The van der Waals surface area contributed by atoms with E-state index in [1.165, 1.54) is 0 Å². The van der Waals surface area contributed by atoms with Crippen molar-refractivity contribution in [3.63, 3.8) is 0 Å². The highest BCUT2D eigenvalue weighted by Crippen LogP contribution is 2.38. The second-order valence-electron chi connectivity index (χ2n) is 4.04. The van der Waals surface area contributed by atoms with Crippen molar-refractivity contribution in [2.75, 3.05) is 0 Å². The molecule has 0 heterocycles. The fourth-order valence-electron chi connectivity index (χ4n) is 1.90. The zero-order valence-electron chi connectivity index (χ0n) is 7.21. The van der Waals surface area contributed by atoms with E-state index in [0.29, 0.717) is 0 Å². The van der Waals surface area contributed by atoms with E-state index in [9.17, 15) is 9.90 Å². The van der Waals surface area contributed by atoms with Crippen LogP contribution in [0.15, 0.2) is 0 Å². The molecule has 2 heteroatoms. The first kappa shape index (κ1) is 8.72. The number of carbonyl (C=O) groups is 1. The van der Waals surface area contributed by atoms with Gasteiger partial charge in [0, 0.05) is 5.41 Å². The van der Waals surface area contributed by atoms with Gasteiger partial charge < -0.3 is 9.90 Å². The van der Waals surface area contributed by atoms with Crippen LogP contribution in [-0.2, 0) is 4.79 Å². The van der Waals surface area contributed by atoms with Crippen molar-refractivity contribution >= 4 is 6.29 Å². The van der Waals surface area contributed by atoms with Crippen LogP contribution in [0.5, 0.6) is 0 Å². The second kappa shape index (κ2) is 2.94. The van der Waals surface area contributed by atoms with Crippen LogP contribution in [0.25, 0.3) is 0 Å². The molecule has 1 rings (SSSR count). The quantitative estimate of drug-likeness (QED) is 0.613. The summed E-state index contributed by atoms with van der Waals surface area (Å²) in [6.45, 7) is 3.80. The van der Waals surface area contributed by atoms with E-state index in [4.69, 9.17) is 0 Å². The lowest BCUT2D eigenvalue weighted by Crippen LogP contribution is -2.31. The van der Waals surface area contributed by atoms with E-state index in [1.54, 1.807) is 0 Å². The molecule has 1 aliphatic carbocycles. The lowest BCUT2D eigenvalue weighted by Gasteiger charge is -2.27. The Bertz CT molecular complexity index is 152. The van der Waals surface area contributed by atoms with Crippen LogP contribution in [0.4, 0.5) is 0 Å². The van der Waals surface area contributed by atoms with Crippen LogP contribution < -0.4 is 0 Å². The zero-order chi connectivity index (χ0) is 8.48. The largest absolute Gasteiger partial charge is 0.393 e. The summed E-state index contributed by atoms with van der Waals surface area (Å²) in [6, 6.07) is 0. The summed E-state index contributed by atoms with van der Waals surface area (Å²) in [7, 11) is 0. The van der Waals surface area contributed by atoms with Crippen molar-refractivity contribution in [3.8, 4) is 0 Å². The predicted molar refractivity (Wildman–Crippen MR) is 43.2 cm³/mol. The molecule has 64 valence electrons. The molecule has 0 spiro atoms. The van der Waals surface area contributed by atoms with E-state index in [0.717, 1.165) is 25.5 Å². The molecule has 11 heavy (non-hydrogen) atoms. The summed E-state index contributed by atoms with van der Waals surface area (Å²) in [5.41, 5.74) is -0.337. The Kier molecular flexibility index (Phi) is 2.33. The van der Waals surface area contributed by atoms with Gasteiger partial charge in [-0.1, -0.05) is 20.3 Å². The Morgan fingerprint density at radius 2 is 2.09 bits per heavy atom. The van der Waals surface area contributed by atoms with Crippen molar-refractivity contribution in [2.24, 2.45) is 11.3 Å². The first-order chi connectivity index (χ1) is 5.08. The first-order valence-corrected chi connectivity index (χ1v) is 4.22. The third-order valence-corrected chi connectivity index (χ3v) is 2.74. The summed E-state index contributed by atoms with van der Waals surface area (Å²) in [6.07, 6.45) is 3.62. The highest BCUT2D eigenvalue weighted by molar-refractivity contribution is 5.58. The summed E-state index contributed by atoms with van der Waals surface area (Å²) in [5.74, 6) is 0.181. The third kappa shape index (κ3) is 1.62. The van der Waals surface area contributed by atoms with Crippen LogP contribution >= 0.6 is 0 Å². The average Bonchev–Trinajstić information content (AvgIpc) is 2.36. The maximum Gasteiger partial charge on any atom is 0.125 e. The molecule has 0 aromatic rings. The monoisotopic (exact) mass is 156 g/mol. The normalized spacial score (nSPS) is 32.3. The highest BCUT2D eigenvalue weighted by atomic mass is 16.3. The Balaban J connectivity index is 2.65. The fraction of sp³-hybridized carbons (Fsp3) is 0.889. The molecule has 0 aromatic carbocycles. The topological polar surface area (TPSA) is 37.3 Å². The number of aldehydes is 1. The Morgan fingerprint density at radius 1 is 1.45 bits per heavy atom. The molecule has 0 aliphatic heterocycles. The molecule has 1 N–H and O–H groups in total. The molecule has 2 unspecified atom stereocenters. The Morgan fingerprint density at radius 3 is 2.45 bits per heavy atom. The van der Waals surface area contributed by atoms with Gasteiger partial charge in [0.1, 0.15) is 6.29 Å². The lowest BCUT2D eigenvalue weighted by atomic mass is 9.78. The lowest BCUT2D eigenvalue weighted by molar-refractivity contribution is -0.119. The SMILES string of the molecule is CC(C)(C=O)C1CCCC1O. The molecule has 2 atom stereocenters.